The Morgan fingerprint density at radius 1 is 1.20 bits per heavy atom. The Morgan fingerprint density at radius 2 is 2.00 bits per heavy atom. The zero-order valence-electron chi connectivity index (χ0n) is 10.5. The van der Waals surface area contributed by atoms with E-state index in [9.17, 15) is 4.39 Å². The largest absolute Gasteiger partial charge is 0.383 e. The van der Waals surface area contributed by atoms with Gasteiger partial charge in [0.15, 0.2) is 0 Å². The molecule has 0 aliphatic carbocycles. The van der Waals surface area contributed by atoms with E-state index in [1.807, 2.05) is 12.1 Å². The van der Waals surface area contributed by atoms with Crippen molar-refractivity contribution in [1.82, 2.24) is 0 Å². The summed E-state index contributed by atoms with van der Waals surface area (Å²) in [5.74, 6) is -0.283. The van der Waals surface area contributed by atoms with Crippen LogP contribution in [0.25, 0.3) is 0 Å². The highest BCUT2D eigenvalue weighted by Gasteiger charge is 2.21. The summed E-state index contributed by atoms with van der Waals surface area (Å²) in [6.07, 6.45) is 0. The molecule has 5 heteroatoms. The predicted molar refractivity (Wildman–Crippen MR) is 89.6 cm³/mol. The van der Waals surface area contributed by atoms with E-state index in [0.29, 0.717) is 29.4 Å². The van der Waals surface area contributed by atoms with Crippen LogP contribution in [0.5, 0.6) is 0 Å². The predicted octanol–water partition coefficient (Wildman–Crippen LogP) is 4.35. The standard InChI is InChI=1S/C15H11ClFIN2/c16-14-11(18)5-6-12-13(14)15(20-8-7-19-12)9-3-1-2-4-10(9)17/h1-6,19H,7-8H2. The molecule has 0 amide bonds. The molecule has 0 saturated carbocycles. The van der Waals surface area contributed by atoms with Gasteiger partial charge in [-0.2, -0.15) is 0 Å². The zero-order valence-corrected chi connectivity index (χ0v) is 13.4. The highest BCUT2D eigenvalue weighted by atomic mass is 127. The molecule has 2 aromatic carbocycles. The summed E-state index contributed by atoms with van der Waals surface area (Å²) >= 11 is 8.60. The lowest BCUT2D eigenvalue weighted by Crippen LogP contribution is -2.09. The SMILES string of the molecule is Fc1ccccc1C1=NCCNc2ccc(I)c(Cl)c21. The summed E-state index contributed by atoms with van der Waals surface area (Å²) in [7, 11) is 0. The van der Waals surface area contributed by atoms with Gasteiger partial charge < -0.3 is 5.32 Å². The van der Waals surface area contributed by atoms with Gasteiger partial charge in [-0.15, -0.1) is 0 Å². The number of hydrogen-bond acceptors (Lipinski definition) is 2. The summed E-state index contributed by atoms with van der Waals surface area (Å²) in [6.45, 7) is 1.30. The summed E-state index contributed by atoms with van der Waals surface area (Å²) in [5.41, 5.74) is 2.78. The summed E-state index contributed by atoms with van der Waals surface area (Å²) in [4.78, 5) is 4.52. The second-order valence-corrected chi connectivity index (χ2v) is 5.96. The van der Waals surface area contributed by atoms with Crippen LogP contribution in [-0.4, -0.2) is 18.8 Å². The van der Waals surface area contributed by atoms with Gasteiger partial charge in [0.05, 0.1) is 17.3 Å². The van der Waals surface area contributed by atoms with Gasteiger partial charge >= 0.3 is 0 Å². The topological polar surface area (TPSA) is 24.4 Å². The van der Waals surface area contributed by atoms with Crippen LogP contribution >= 0.6 is 34.2 Å². The molecule has 0 aromatic heterocycles. The molecule has 0 radical (unpaired) electrons. The fourth-order valence-corrected chi connectivity index (χ4v) is 2.94. The first-order valence-electron chi connectivity index (χ1n) is 6.20. The van der Waals surface area contributed by atoms with Crippen molar-refractivity contribution >= 4 is 45.6 Å². The third-order valence-electron chi connectivity index (χ3n) is 3.16. The Morgan fingerprint density at radius 3 is 2.80 bits per heavy atom. The van der Waals surface area contributed by atoms with Gasteiger partial charge in [-0.3, -0.25) is 4.99 Å². The summed E-state index contributed by atoms with van der Waals surface area (Å²) in [6, 6.07) is 10.6. The average Bonchev–Trinajstić information content (AvgIpc) is 2.66. The number of benzodiazepines with no additional fused rings is 1. The molecule has 1 N–H and O–H groups in total. The summed E-state index contributed by atoms with van der Waals surface area (Å²) in [5, 5.41) is 3.90. The molecule has 20 heavy (non-hydrogen) atoms. The van der Waals surface area contributed by atoms with Crippen LogP contribution in [0.15, 0.2) is 41.4 Å². The zero-order chi connectivity index (χ0) is 14.1. The van der Waals surface area contributed by atoms with Gasteiger partial charge in [-0.25, -0.2) is 4.39 Å². The number of anilines is 1. The van der Waals surface area contributed by atoms with Gasteiger partial charge in [0.1, 0.15) is 5.82 Å². The van der Waals surface area contributed by atoms with Gasteiger partial charge in [0.2, 0.25) is 0 Å². The average molecular weight is 401 g/mol. The van der Waals surface area contributed by atoms with Gasteiger partial charge in [0, 0.05) is 26.9 Å². The molecule has 3 rings (SSSR count). The fraction of sp³-hybridized carbons (Fsp3) is 0.133. The van der Waals surface area contributed by atoms with Gasteiger partial charge in [0.25, 0.3) is 0 Å². The van der Waals surface area contributed by atoms with E-state index in [-0.39, 0.29) is 5.82 Å². The summed E-state index contributed by atoms with van der Waals surface area (Å²) < 4.78 is 15.0. The van der Waals surface area contributed by atoms with Crippen molar-refractivity contribution < 1.29 is 4.39 Å². The highest BCUT2D eigenvalue weighted by Crippen LogP contribution is 2.33. The van der Waals surface area contributed by atoms with Crippen LogP contribution < -0.4 is 5.32 Å². The molecule has 0 bridgehead atoms. The smallest absolute Gasteiger partial charge is 0.132 e. The number of hydrogen-bond donors (Lipinski definition) is 1. The van der Waals surface area contributed by atoms with Crippen LogP contribution in [0.1, 0.15) is 11.1 Å². The van der Waals surface area contributed by atoms with E-state index < -0.39 is 0 Å². The Balaban J connectivity index is 2.26. The molecule has 0 saturated heterocycles. The fourth-order valence-electron chi connectivity index (χ4n) is 2.24. The molecule has 1 aliphatic rings. The van der Waals surface area contributed by atoms with Crippen molar-refractivity contribution in [3.63, 3.8) is 0 Å². The lowest BCUT2D eigenvalue weighted by Gasteiger charge is -2.14. The van der Waals surface area contributed by atoms with Crippen molar-refractivity contribution in [2.24, 2.45) is 4.99 Å². The lowest BCUT2D eigenvalue weighted by atomic mass is 10.00. The van der Waals surface area contributed by atoms with Crippen LogP contribution in [-0.2, 0) is 0 Å². The molecule has 1 heterocycles. The Bertz CT molecular complexity index is 700. The minimum Gasteiger partial charge on any atom is -0.383 e. The molecular formula is C15H11ClFIN2. The second kappa shape index (κ2) is 5.69. The van der Waals surface area contributed by atoms with Crippen LogP contribution in [0.4, 0.5) is 10.1 Å². The first-order valence-corrected chi connectivity index (χ1v) is 7.66. The quantitative estimate of drug-likeness (QED) is 0.707. The Labute approximate surface area is 135 Å². The molecule has 1 aliphatic heterocycles. The van der Waals surface area contributed by atoms with Crippen molar-refractivity contribution in [2.45, 2.75) is 0 Å². The lowest BCUT2D eigenvalue weighted by molar-refractivity contribution is 0.625. The maximum Gasteiger partial charge on any atom is 0.132 e. The van der Waals surface area contributed by atoms with E-state index in [2.05, 4.69) is 32.9 Å². The maximum absolute atomic E-state index is 14.1. The number of fused-ring (bicyclic) bond motifs is 1. The number of aliphatic imine (C=N–C) groups is 1. The Hall–Kier alpha value is -1.14. The third kappa shape index (κ3) is 2.42. The Kier molecular flexibility index (Phi) is 3.94. The van der Waals surface area contributed by atoms with E-state index in [1.54, 1.807) is 18.2 Å². The molecule has 0 fully saturated rings. The number of nitrogens with zero attached hydrogens (tertiary/aromatic N) is 1. The van der Waals surface area contributed by atoms with Crippen molar-refractivity contribution in [3.05, 3.63) is 61.9 Å². The van der Waals surface area contributed by atoms with E-state index in [4.69, 9.17) is 11.6 Å². The second-order valence-electron chi connectivity index (χ2n) is 4.42. The minimum atomic E-state index is -0.283. The number of rotatable bonds is 1. The number of nitrogens with one attached hydrogen (secondary N) is 1. The van der Waals surface area contributed by atoms with Crippen molar-refractivity contribution in [2.75, 3.05) is 18.4 Å². The monoisotopic (exact) mass is 400 g/mol. The van der Waals surface area contributed by atoms with Crippen LogP contribution in [0.2, 0.25) is 5.02 Å². The van der Waals surface area contributed by atoms with E-state index in [0.717, 1.165) is 14.8 Å². The van der Waals surface area contributed by atoms with Crippen LogP contribution in [0.3, 0.4) is 0 Å². The molecule has 102 valence electrons. The first-order chi connectivity index (χ1) is 9.68. The number of benzene rings is 2. The van der Waals surface area contributed by atoms with Crippen molar-refractivity contribution in [1.29, 1.82) is 0 Å². The molecular weight excluding hydrogens is 390 g/mol. The molecule has 0 unspecified atom stereocenters. The van der Waals surface area contributed by atoms with Crippen LogP contribution in [0, 0.1) is 9.39 Å². The highest BCUT2D eigenvalue weighted by molar-refractivity contribution is 14.1. The van der Waals surface area contributed by atoms with E-state index >= 15 is 0 Å². The number of halogens is 3. The molecule has 0 spiro atoms. The molecule has 2 nitrogen and oxygen atoms in total. The first kappa shape index (κ1) is 13.8. The maximum atomic E-state index is 14.1. The molecule has 0 atom stereocenters. The normalized spacial score (nSPS) is 14.1. The molecule has 2 aromatic rings. The van der Waals surface area contributed by atoms with Gasteiger partial charge in [-0.1, -0.05) is 23.7 Å². The third-order valence-corrected chi connectivity index (χ3v) is 4.77. The van der Waals surface area contributed by atoms with Gasteiger partial charge in [-0.05, 0) is 46.9 Å². The van der Waals surface area contributed by atoms with Crippen molar-refractivity contribution in [3.8, 4) is 0 Å². The minimum absolute atomic E-state index is 0.283. The van der Waals surface area contributed by atoms with E-state index in [1.165, 1.54) is 6.07 Å².